The van der Waals surface area contributed by atoms with Crippen LogP contribution in [-0.2, 0) is 16.0 Å². The van der Waals surface area contributed by atoms with Crippen molar-refractivity contribution in [2.24, 2.45) is 0 Å². The standard InChI is InChI=1S/C19H22N2O5/c1-12-9-16(13(2)21(12)10-14-5-4-8-25-14)17(22)11-26-19(24)15-6-3-7-20-18(15)23/h3,6-7,9,14H,4-5,8,10-11H2,1-2H3,(H,20,23). The van der Waals surface area contributed by atoms with Gasteiger partial charge in [-0.05, 0) is 44.9 Å². The van der Waals surface area contributed by atoms with E-state index < -0.39 is 18.1 Å². The van der Waals surface area contributed by atoms with E-state index in [1.807, 2.05) is 13.8 Å². The highest BCUT2D eigenvalue weighted by Crippen LogP contribution is 2.20. The van der Waals surface area contributed by atoms with Crippen LogP contribution >= 0.6 is 0 Å². The van der Waals surface area contributed by atoms with Crippen LogP contribution in [-0.4, -0.2) is 40.6 Å². The second-order valence-corrected chi connectivity index (χ2v) is 6.44. The first kappa shape index (κ1) is 18.1. The molecule has 0 bridgehead atoms. The normalized spacial score (nSPS) is 16.6. The zero-order chi connectivity index (χ0) is 18.7. The zero-order valence-electron chi connectivity index (χ0n) is 14.9. The quantitative estimate of drug-likeness (QED) is 0.630. The summed E-state index contributed by atoms with van der Waals surface area (Å²) in [6.07, 6.45) is 3.67. The number of hydrogen-bond acceptors (Lipinski definition) is 5. The number of esters is 1. The zero-order valence-corrected chi connectivity index (χ0v) is 14.9. The Balaban J connectivity index is 1.67. The van der Waals surface area contributed by atoms with Gasteiger partial charge in [0.15, 0.2) is 6.61 Å². The van der Waals surface area contributed by atoms with Gasteiger partial charge in [-0.1, -0.05) is 0 Å². The van der Waals surface area contributed by atoms with Crippen LogP contribution < -0.4 is 5.56 Å². The molecule has 7 nitrogen and oxygen atoms in total. The minimum Gasteiger partial charge on any atom is -0.454 e. The lowest BCUT2D eigenvalue weighted by Gasteiger charge is -2.14. The third-order valence-electron chi connectivity index (χ3n) is 4.66. The van der Waals surface area contributed by atoms with E-state index in [-0.39, 0.29) is 17.5 Å². The molecule has 2 aromatic heterocycles. The molecule has 1 N–H and O–H groups in total. The first-order valence-electron chi connectivity index (χ1n) is 8.63. The second kappa shape index (κ2) is 7.70. The maximum absolute atomic E-state index is 12.5. The number of ketones is 1. The van der Waals surface area contributed by atoms with Gasteiger partial charge in [0.05, 0.1) is 6.10 Å². The van der Waals surface area contributed by atoms with Crippen LogP contribution in [0.5, 0.6) is 0 Å². The summed E-state index contributed by atoms with van der Waals surface area (Å²) in [6.45, 7) is 4.90. The summed E-state index contributed by atoms with van der Waals surface area (Å²) in [5.74, 6) is -1.11. The van der Waals surface area contributed by atoms with Crippen molar-refractivity contribution in [1.29, 1.82) is 0 Å². The Labute approximate surface area is 150 Å². The van der Waals surface area contributed by atoms with E-state index >= 15 is 0 Å². The lowest BCUT2D eigenvalue weighted by atomic mass is 10.1. The van der Waals surface area contributed by atoms with E-state index in [1.54, 1.807) is 6.07 Å². The van der Waals surface area contributed by atoms with E-state index in [2.05, 4.69) is 9.55 Å². The minimum absolute atomic E-state index is 0.121. The Bertz CT molecular complexity index is 874. The van der Waals surface area contributed by atoms with E-state index in [1.165, 1.54) is 18.3 Å². The van der Waals surface area contributed by atoms with Gasteiger partial charge in [0.2, 0.25) is 5.78 Å². The number of nitrogens with one attached hydrogen (secondary N) is 1. The van der Waals surface area contributed by atoms with E-state index in [4.69, 9.17) is 9.47 Å². The number of aromatic amines is 1. The Hall–Kier alpha value is -2.67. The Morgan fingerprint density at radius 3 is 2.85 bits per heavy atom. The van der Waals surface area contributed by atoms with Crippen molar-refractivity contribution in [1.82, 2.24) is 9.55 Å². The number of nitrogens with zero attached hydrogens (tertiary/aromatic N) is 1. The topological polar surface area (TPSA) is 90.4 Å². The third-order valence-corrected chi connectivity index (χ3v) is 4.66. The number of hydrogen-bond donors (Lipinski definition) is 1. The number of ether oxygens (including phenoxy) is 2. The number of aryl methyl sites for hydroxylation is 1. The van der Waals surface area contributed by atoms with Crippen molar-refractivity contribution in [3.63, 3.8) is 0 Å². The van der Waals surface area contributed by atoms with Gasteiger partial charge in [0.1, 0.15) is 5.56 Å². The van der Waals surface area contributed by atoms with Crippen LogP contribution in [0.15, 0.2) is 29.2 Å². The molecule has 0 saturated carbocycles. The highest BCUT2D eigenvalue weighted by Gasteiger charge is 2.22. The maximum Gasteiger partial charge on any atom is 0.344 e. The number of carbonyl (C=O) groups is 2. The number of Topliss-reactive ketones (excluding diaryl/α,β-unsaturated/α-hetero) is 1. The van der Waals surface area contributed by atoms with Gasteiger partial charge in [0, 0.05) is 36.3 Å². The molecule has 3 rings (SSSR count). The summed E-state index contributed by atoms with van der Waals surface area (Å²) in [4.78, 5) is 38.4. The highest BCUT2D eigenvalue weighted by molar-refractivity contribution is 6.00. The molecule has 1 aliphatic heterocycles. The minimum atomic E-state index is -0.812. The van der Waals surface area contributed by atoms with Gasteiger partial charge in [-0.2, -0.15) is 0 Å². The molecule has 1 saturated heterocycles. The van der Waals surface area contributed by atoms with Gasteiger partial charge in [-0.3, -0.25) is 9.59 Å². The summed E-state index contributed by atoms with van der Waals surface area (Å²) in [7, 11) is 0. The van der Waals surface area contributed by atoms with Gasteiger partial charge in [0.25, 0.3) is 5.56 Å². The molecular weight excluding hydrogens is 336 g/mol. The fourth-order valence-electron chi connectivity index (χ4n) is 3.23. The lowest BCUT2D eigenvalue weighted by Crippen LogP contribution is -2.22. The molecule has 2 aromatic rings. The maximum atomic E-state index is 12.5. The van der Waals surface area contributed by atoms with Crippen molar-refractivity contribution in [3.8, 4) is 0 Å². The van der Waals surface area contributed by atoms with Gasteiger partial charge in [-0.25, -0.2) is 4.79 Å². The molecule has 1 fully saturated rings. The summed E-state index contributed by atoms with van der Waals surface area (Å²) < 4.78 is 12.8. The fourth-order valence-corrected chi connectivity index (χ4v) is 3.23. The average molecular weight is 358 g/mol. The van der Waals surface area contributed by atoms with Crippen LogP contribution in [0.25, 0.3) is 0 Å². The molecule has 3 heterocycles. The van der Waals surface area contributed by atoms with Crippen LogP contribution in [0.3, 0.4) is 0 Å². The molecule has 7 heteroatoms. The number of carbonyl (C=O) groups excluding carboxylic acids is 2. The molecule has 26 heavy (non-hydrogen) atoms. The van der Waals surface area contributed by atoms with Crippen molar-refractivity contribution in [3.05, 3.63) is 57.3 Å². The smallest absolute Gasteiger partial charge is 0.344 e. The van der Waals surface area contributed by atoms with Gasteiger partial charge >= 0.3 is 5.97 Å². The average Bonchev–Trinajstić information content (AvgIpc) is 3.23. The lowest BCUT2D eigenvalue weighted by molar-refractivity contribution is 0.0472. The summed E-state index contributed by atoms with van der Waals surface area (Å²) in [5, 5.41) is 0. The molecule has 138 valence electrons. The largest absolute Gasteiger partial charge is 0.454 e. The molecule has 0 amide bonds. The highest BCUT2D eigenvalue weighted by atomic mass is 16.5. The Morgan fingerprint density at radius 2 is 2.15 bits per heavy atom. The van der Waals surface area contributed by atoms with Gasteiger partial charge < -0.3 is 19.0 Å². The summed E-state index contributed by atoms with van der Waals surface area (Å²) in [6, 6.07) is 4.69. The molecule has 0 aromatic carbocycles. The fraction of sp³-hybridized carbons (Fsp3) is 0.421. The first-order valence-corrected chi connectivity index (χ1v) is 8.63. The van der Waals surface area contributed by atoms with Crippen LogP contribution in [0.2, 0.25) is 0 Å². The summed E-state index contributed by atoms with van der Waals surface area (Å²) in [5.41, 5.74) is 1.66. The first-order chi connectivity index (χ1) is 12.5. The number of rotatable bonds is 6. The molecule has 1 unspecified atom stereocenters. The molecule has 1 atom stereocenters. The van der Waals surface area contributed by atoms with Crippen molar-refractivity contribution in [2.45, 2.75) is 39.3 Å². The van der Waals surface area contributed by atoms with E-state index in [9.17, 15) is 14.4 Å². The third kappa shape index (κ3) is 3.77. The predicted molar refractivity (Wildman–Crippen MR) is 94.6 cm³/mol. The molecule has 0 spiro atoms. The van der Waals surface area contributed by atoms with Crippen molar-refractivity contribution < 1.29 is 19.1 Å². The van der Waals surface area contributed by atoms with Gasteiger partial charge in [-0.15, -0.1) is 0 Å². The number of H-pyrrole nitrogens is 1. The van der Waals surface area contributed by atoms with Crippen molar-refractivity contribution in [2.75, 3.05) is 13.2 Å². The Morgan fingerprint density at radius 1 is 1.35 bits per heavy atom. The second-order valence-electron chi connectivity index (χ2n) is 6.44. The Kier molecular flexibility index (Phi) is 5.37. The SMILES string of the molecule is Cc1cc(C(=O)COC(=O)c2ccc[nH]c2=O)c(C)n1CC1CCCO1. The van der Waals surface area contributed by atoms with Crippen LogP contribution in [0, 0.1) is 13.8 Å². The molecule has 0 radical (unpaired) electrons. The van der Waals surface area contributed by atoms with Crippen LogP contribution in [0.4, 0.5) is 0 Å². The monoisotopic (exact) mass is 358 g/mol. The van der Waals surface area contributed by atoms with E-state index in [0.29, 0.717) is 12.1 Å². The molecule has 1 aliphatic rings. The van der Waals surface area contributed by atoms with Crippen molar-refractivity contribution >= 4 is 11.8 Å². The number of pyridine rings is 1. The van der Waals surface area contributed by atoms with Crippen LogP contribution in [0.1, 0.15) is 44.9 Å². The molecule has 0 aliphatic carbocycles. The predicted octanol–water partition coefficient (Wildman–Crippen LogP) is 2.01. The summed E-state index contributed by atoms with van der Waals surface area (Å²) >= 11 is 0. The number of aromatic nitrogens is 2. The van der Waals surface area contributed by atoms with E-state index in [0.717, 1.165) is 30.8 Å². The molecular formula is C19H22N2O5.